The van der Waals surface area contributed by atoms with Gasteiger partial charge in [-0.15, -0.1) is 0 Å². The fourth-order valence-corrected chi connectivity index (χ4v) is 3.56. The molecule has 2 heteroatoms. The highest BCUT2D eigenvalue weighted by Crippen LogP contribution is 2.45. The summed E-state index contributed by atoms with van der Waals surface area (Å²) in [4.78, 5) is 0.307. The van der Waals surface area contributed by atoms with E-state index in [0.29, 0.717) is 10.7 Å². The second-order valence-electron chi connectivity index (χ2n) is 5.35. The summed E-state index contributed by atoms with van der Waals surface area (Å²) in [5.74, 6) is 1.42. The fourth-order valence-electron chi connectivity index (χ4n) is 2.82. The topological polar surface area (TPSA) is 9.23 Å². The molecule has 2 aromatic carbocycles. The van der Waals surface area contributed by atoms with Crippen molar-refractivity contribution in [3.8, 4) is 5.75 Å². The van der Waals surface area contributed by atoms with Crippen molar-refractivity contribution in [3.05, 3.63) is 65.2 Å². The number of benzene rings is 2. The van der Waals surface area contributed by atoms with Crippen molar-refractivity contribution in [2.75, 3.05) is 6.61 Å². The van der Waals surface area contributed by atoms with Crippen molar-refractivity contribution >= 4 is 15.9 Å². The van der Waals surface area contributed by atoms with Crippen LogP contribution in [-0.4, -0.2) is 6.61 Å². The van der Waals surface area contributed by atoms with Crippen LogP contribution in [0.3, 0.4) is 0 Å². The zero-order valence-electron chi connectivity index (χ0n) is 11.7. The van der Waals surface area contributed by atoms with E-state index < -0.39 is 0 Å². The van der Waals surface area contributed by atoms with Gasteiger partial charge in [-0.3, -0.25) is 0 Å². The number of aryl methyl sites for hydroxylation is 1. The van der Waals surface area contributed by atoms with Gasteiger partial charge in [-0.25, -0.2) is 0 Å². The minimum absolute atomic E-state index is 0.307. The molecule has 1 aliphatic heterocycles. The van der Waals surface area contributed by atoms with Gasteiger partial charge in [0.25, 0.3) is 0 Å². The van der Waals surface area contributed by atoms with Gasteiger partial charge in [0.05, 0.1) is 6.61 Å². The molecule has 0 N–H and O–H groups in total. The van der Waals surface area contributed by atoms with Gasteiger partial charge in [-0.05, 0) is 23.6 Å². The monoisotopic (exact) mass is 330 g/mol. The number of fused-ring (bicyclic) bond motifs is 1. The third-order valence-corrected chi connectivity index (χ3v) is 5.09. The summed E-state index contributed by atoms with van der Waals surface area (Å²) < 4.78 is 5.79. The third kappa shape index (κ3) is 2.62. The summed E-state index contributed by atoms with van der Waals surface area (Å²) in [5.41, 5.74) is 4.06. The van der Waals surface area contributed by atoms with Crippen LogP contribution in [-0.2, 0) is 6.42 Å². The van der Waals surface area contributed by atoms with Crippen molar-refractivity contribution in [2.45, 2.75) is 30.5 Å². The van der Waals surface area contributed by atoms with Gasteiger partial charge in [-0.2, -0.15) is 0 Å². The number of para-hydroxylation sites is 1. The molecule has 0 fully saturated rings. The molecule has 0 saturated heterocycles. The van der Waals surface area contributed by atoms with Crippen molar-refractivity contribution in [2.24, 2.45) is 0 Å². The molecule has 1 aliphatic rings. The first kappa shape index (κ1) is 13.7. The molecule has 0 amide bonds. The molecule has 0 spiro atoms. The van der Waals surface area contributed by atoms with Crippen molar-refractivity contribution < 1.29 is 4.74 Å². The van der Waals surface area contributed by atoms with Crippen LogP contribution in [0.25, 0.3) is 0 Å². The van der Waals surface area contributed by atoms with E-state index in [9.17, 15) is 0 Å². The van der Waals surface area contributed by atoms with Gasteiger partial charge in [0.2, 0.25) is 0 Å². The van der Waals surface area contributed by atoms with E-state index in [1.54, 1.807) is 0 Å². The average molecular weight is 331 g/mol. The lowest BCUT2D eigenvalue weighted by molar-refractivity contribution is 0.329. The lowest BCUT2D eigenvalue weighted by Crippen LogP contribution is -2.07. The van der Waals surface area contributed by atoms with Crippen LogP contribution in [0.4, 0.5) is 0 Å². The predicted octanol–water partition coefficient (Wildman–Crippen LogP) is 5.25. The summed E-state index contributed by atoms with van der Waals surface area (Å²) in [7, 11) is 0. The summed E-state index contributed by atoms with van der Waals surface area (Å²) >= 11 is 3.87. The summed E-state index contributed by atoms with van der Waals surface area (Å²) in [6.07, 6.45) is 2.35. The molecule has 0 saturated carbocycles. The van der Waals surface area contributed by atoms with Crippen LogP contribution in [0.1, 0.15) is 40.8 Å². The highest BCUT2D eigenvalue weighted by molar-refractivity contribution is 9.09. The smallest absolute Gasteiger partial charge is 0.122 e. The van der Waals surface area contributed by atoms with E-state index >= 15 is 0 Å². The Bertz CT molecular complexity index is 576. The van der Waals surface area contributed by atoms with E-state index in [-0.39, 0.29) is 0 Å². The van der Waals surface area contributed by atoms with E-state index in [4.69, 9.17) is 4.74 Å². The second-order valence-corrected chi connectivity index (χ2v) is 6.34. The van der Waals surface area contributed by atoms with Gasteiger partial charge in [0.1, 0.15) is 5.75 Å². The largest absolute Gasteiger partial charge is 0.493 e. The Balaban J connectivity index is 1.81. The molecular weight excluding hydrogens is 312 g/mol. The first-order valence-corrected chi connectivity index (χ1v) is 8.16. The van der Waals surface area contributed by atoms with Crippen LogP contribution in [0.5, 0.6) is 5.75 Å². The molecule has 104 valence electrons. The molecule has 2 atom stereocenters. The predicted molar refractivity (Wildman–Crippen MR) is 86.8 cm³/mol. The van der Waals surface area contributed by atoms with Gasteiger partial charge in [-0.1, -0.05) is 71.7 Å². The Morgan fingerprint density at radius 1 is 1.15 bits per heavy atom. The number of ether oxygens (including phenoxy) is 1. The summed E-state index contributed by atoms with van der Waals surface area (Å²) in [5, 5.41) is 0. The molecule has 20 heavy (non-hydrogen) atoms. The maximum absolute atomic E-state index is 5.79. The van der Waals surface area contributed by atoms with Crippen LogP contribution in [0.15, 0.2) is 48.5 Å². The lowest BCUT2D eigenvalue weighted by Gasteiger charge is -2.17. The number of hydrogen-bond acceptors (Lipinski definition) is 1. The Morgan fingerprint density at radius 3 is 2.65 bits per heavy atom. The molecular formula is C18H19BrO. The standard InChI is InChI=1S/C18H19BrO/c1-2-5-13-8-10-14(11-9-13)18(19)16-12-20-17-7-4-3-6-15(16)17/h3-4,6-11,16,18H,2,5,12H2,1H3. The quantitative estimate of drug-likeness (QED) is 0.695. The Hall–Kier alpha value is -1.28. The fraction of sp³-hybridized carbons (Fsp3) is 0.333. The van der Waals surface area contributed by atoms with Gasteiger partial charge >= 0.3 is 0 Å². The first-order valence-electron chi connectivity index (χ1n) is 7.24. The van der Waals surface area contributed by atoms with Crippen molar-refractivity contribution in [1.29, 1.82) is 0 Å². The van der Waals surface area contributed by atoms with Crippen LogP contribution >= 0.6 is 15.9 Å². The molecule has 0 aromatic heterocycles. The maximum Gasteiger partial charge on any atom is 0.122 e. The summed E-state index contributed by atoms with van der Waals surface area (Å²) in [6.45, 7) is 2.97. The molecule has 2 unspecified atom stereocenters. The number of rotatable bonds is 4. The Kier molecular flexibility index (Phi) is 4.11. The van der Waals surface area contributed by atoms with Gasteiger partial charge in [0.15, 0.2) is 0 Å². The SMILES string of the molecule is CCCc1ccc(C(Br)C2COc3ccccc32)cc1. The van der Waals surface area contributed by atoms with Crippen molar-refractivity contribution in [1.82, 2.24) is 0 Å². The van der Waals surface area contributed by atoms with Crippen LogP contribution in [0.2, 0.25) is 0 Å². The molecule has 0 radical (unpaired) electrons. The molecule has 2 aromatic rings. The molecule has 0 aliphatic carbocycles. The maximum atomic E-state index is 5.79. The minimum Gasteiger partial charge on any atom is -0.493 e. The number of alkyl halides is 1. The van der Waals surface area contributed by atoms with E-state index in [1.165, 1.54) is 23.1 Å². The minimum atomic E-state index is 0.307. The highest BCUT2D eigenvalue weighted by Gasteiger charge is 2.30. The normalized spacial score (nSPS) is 18.4. The zero-order valence-corrected chi connectivity index (χ0v) is 13.3. The Labute approximate surface area is 129 Å². The molecule has 1 nitrogen and oxygen atoms in total. The van der Waals surface area contributed by atoms with Crippen molar-refractivity contribution in [3.63, 3.8) is 0 Å². The number of halogens is 1. The van der Waals surface area contributed by atoms with E-state index in [1.807, 2.05) is 6.07 Å². The van der Waals surface area contributed by atoms with E-state index in [2.05, 4.69) is 65.3 Å². The van der Waals surface area contributed by atoms with Gasteiger partial charge < -0.3 is 4.74 Å². The molecule has 1 heterocycles. The lowest BCUT2D eigenvalue weighted by atomic mass is 9.93. The third-order valence-electron chi connectivity index (χ3n) is 3.93. The van der Waals surface area contributed by atoms with E-state index in [0.717, 1.165) is 18.8 Å². The van der Waals surface area contributed by atoms with Crippen LogP contribution in [0, 0.1) is 0 Å². The Morgan fingerprint density at radius 2 is 1.90 bits per heavy atom. The average Bonchev–Trinajstić information content (AvgIpc) is 2.92. The zero-order chi connectivity index (χ0) is 13.9. The van der Waals surface area contributed by atoms with Gasteiger partial charge in [0, 0.05) is 16.3 Å². The molecule has 3 rings (SSSR count). The highest BCUT2D eigenvalue weighted by atomic mass is 79.9. The first-order chi connectivity index (χ1) is 9.79. The second kappa shape index (κ2) is 6.01. The van der Waals surface area contributed by atoms with Crippen LogP contribution < -0.4 is 4.74 Å². The number of hydrogen-bond donors (Lipinski definition) is 0. The molecule has 0 bridgehead atoms. The summed E-state index contributed by atoms with van der Waals surface area (Å²) in [6, 6.07) is 17.3.